The molecule has 3 heteroatoms. The van der Waals surface area contributed by atoms with Crippen molar-refractivity contribution in [3.63, 3.8) is 0 Å². The van der Waals surface area contributed by atoms with Gasteiger partial charge < -0.3 is 10.6 Å². The maximum Gasteiger partial charge on any atom is 0.0434 e. The van der Waals surface area contributed by atoms with Gasteiger partial charge in [-0.05, 0) is 94.8 Å². The third-order valence-corrected chi connectivity index (χ3v) is 8.59. The van der Waals surface area contributed by atoms with Gasteiger partial charge in [0.2, 0.25) is 0 Å². The molecule has 2 aliphatic rings. The van der Waals surface area contributed by atoms with Crippen molar-refractivity contribution in [2.45, 2.75) is 31.6 Å². The summed E-state index contributed by atoms with van der Waals surface area (Å²) in [5, 5.41) is 9.59. The number of para-hydroxylation sites is 2. The van der Waals surface area contributed by atoms with E-state index in [9.17, 15) is 0 Å². The van der Waals surface area contributed by atoms with E-state index in [4.69, 9.17) is 0 Å². The molecule has 2 N–H and O–H groups in total. The van der Waals surface area contributed by atoms with Crippen LogP contribution in [0.5, 0.6) is 0 Å². The first-order valence-electron chi connectivity index (χ1n) is 12.8. The summed E-state index contributed by atoms with van der Waals surface area (Å²) in [5.41, 5.74) is 13.3. The molecule has 2 aliphatic heterocycles. The Balaban J connectivity index is 1.27. The summed E-state index contributed by atoms with van der Waals surface area (Å²) in [6.45, 7) is 0. The average Bonchev–Trinajstić information content (AvgIpc) is 3.28. The fraction of sp³-hybridized carbons (Fsp3) is 0.152. The Bertz CT molecular complexity index is 1450. The lowest BCUT2D eigenvalue weighted by Gasteiger charge is -2.21. The van der Waals surface area contributed by atoms with Crippen LogP contribution in [0, 0.1) is 0 Å². The van der Waals surface area contributed by atoms with Gasteiger partial charge in [0.1, 0.15) is 0 Å². The third-order valence-electron chi connectivity index (χ3n) is 7.65. The molecule has 2 nitrogen and oxygen atoms in total. The first kappa shape index (κ1) is 21.5. The number of fused-ring (bicyclic) bond motifs is 4. The summed E-state index contributed by atoms with van der Waals surface area (Å²) in [7, 11) is 0. The lowest BCUT2D eigenvalue weighted by molar-refractivity contribution is 0.943. The summed E-state index contributed by atoms with van der Waals surface area (Å²) in [6, 6.07) is 35.9. The number of nitrogens with one attached hydrogen (secondary N) is 2. The van der Waals surface area contributed by atoms with Gasteiger partial charge in [0.05, 0.1) is 0 Å². The Morgan fingerprint density at radius 3 is 1.53 bits per heavy atom. The van der Waals surface area contributed by atoms with Gasteiger partial charge in [-0.1, -0.05) is 66.7 Å². The van der Waals surface area contributed by atoms with Crippen molar-refractivity contribution < 1.29 is 0 Å². The molecule has 0 radical (unpaired) electrons. The van der Waals surface area contributed by atoms with Crippen molar-refractivity contribution in [1.29, 1.82) is 0 Å². The molecule has 0 aliphatic carbocycles. The SMILES string of the molecule is c1csc(C(c2ccc3c(c2)CCc2ccccc2N3)c2ccc3c(c2)CCc2ccccc2N3)c1. The molecule has 5 aromatic rings. The van der Waals surface area contributed by atoms with Gasteiger partial charge in [-0.2, -0.15) is 0 Å². The minimum Gasteiger partial charge on any atom is -0.355 e. The van der Waals surface area contributed by atoms with Gasteiger partial charge in [-0.25, -0.2) is 0 Å². The van der Waals surface area contributed by atoms with Gasteiger partial charge in [0.15, 0.2) is 0 Å². The van der Waals surface area contributed by atoms with Crippen LogP contribution in [0.4, 0.5) is 22.7 Å². The highest BCUT2D eigenvalue weighted by Gasteiger charge is 2.22. The standard InChI is InChI=1S/C33H28N2S/c1-3-8-28-22(6-1)11-13-24-20-26(15-17-30(24)34-28)33(32-10-5-19-36-32)27-16-18-31-25(21-27)14-12-23-7-2-4-9-29(23)35-31/h1-10,15-21,33-35H,11-14H2. The van der Waals surface area contributed by atoms with Crippen LogP contribution in [0.2, 0.25) is 0 Å². The predicted molar refractivity (Wildman–Crippen MR) is 152 cm³/mol. The average molecular weight is 485 g/mol. The van der Waals surface area contributed by atoms with E-state index >= 15 is 0 Å². The van der Waals surface area contributed by atoms with Crippen molar-refractivity contribution in [2.24, 2.45) is 0 Å². The van der Waals surface area contributed by atoms with E-state index in [0.717, 1.165) is 25.7 Å². The largest absolute Gasteiger partial charge is 0.355 e. The van der Waals surface area contributed by atoms with Gasteiger partial charge >= 0.3 is 0 Å². The zero-order chi connectivity index (χ0) is 23.9. The molecule has 7 rings (SSSR count). The van der Waals surface area contributed by atoms with Crippen LogP contribution < -0.4 is 10.6 Å². The highest BCUT2D eigenvalue weighted by molar-refractivity contribution is 7.10. The number of aryl methyl sites for hydroxylation is 4. The highest BCUT2D eigenvalue weighted by atomic mass is 32.1. The van der Waals surface area contributed by atoms with Gasteiger partial charge in [0.25, 0.3) is 0 Å². The Kier molecular flexibility index (Phi) is 5.36. The lowest BCUT2D eigenvalue weighted by atomic mass is 9.86. The second kappa shape index (κ2) is 9.00. The number of thiophene rings is 1. The first-order valence-corrected chi connectivity index (χ1v) is 13.7. The van der Waals surface area contributed by atoms with Crippen LogP contribution in [0.1, 0.15) is 44.2 Å². The summed E-state index contributed by atoms with van der Waals surface area (Å²) < 4.78 is 0. The van der Waals surface area contributed by atoms with E-state index in [1.807, 2.05) is 11.3 Å². The smallest absolute Gasteiger partial charge is 0.0434 e. The Morgan fingerprint density at radius 2 is 1.00 bits per heavy atom. The molecule has 0 unspecified atom stereocenters. The molecule has 1 aromatic heterocycles. The summed E-state index contributed by atoms with van der Waals surface area (Å²) in [4.78, 5) is 1.39. The predicted octanol–water partition coefficient (Wildman–Crippen LogP) is 8.61. The number of rotatable bonds is 3. The molecule has 3 heterocycles. The van der Waals surface area contributed by atoms with Crippen LogP contribution in [0.25, 0.3) is 0 Å². The molecule has 0 bridgehead atoms. The number of benzene rings is 4. The van der Waals surface area contributed by atoms with Crippen molar-refractivity contribution in [3.05, 3.63) is 141 Å². The monoisotopic (exact) mass is 484 g/mol. The van der Waals surface area contributed by atoms with E-state index in [0.29, 0.717) is 0 Å². The maximum absolute atomic E-state index is 3.69. The van der Waals surface area contributed by atoms with Gasteiger partial charge in [-0.15, -0.1) is 11.3 Å². The van der Waals surface area contributed by atoms with Crippen molar-refractivity contribution in [3.8, 4) is 0 Å². The molecule has 0 atom stereocenters. The van der Waals surface area contributed by atoms with E-state index in [1.165, 1.54) is 61.0 Å². The quantitative estimate of drug-likeness (QED) is 0.268. The van der Waals surface area contributed by atoms with Crippen LogP contribution >= 0.6 is 11.3 Å². The molecule has 0 fully saturated rings. The van der Waals surface area contributed by atoms with E-state index in [1.54, 1.807) is 0 Å². The topological polar surface area (TPSA) is 24.1 Å². The van der Waals surface area contributed by atoms with E-state index in [-0.39, 0.29) is 5.92 Å². The van der Waals surface area contributed by atoms with Crippen LogP contribution in [0.15, 0.2) is 102 Å². The van der Waals surface area contributed by atoms with Crippen molar-refractivity contribution in [2.75, 3.05) is 10.6 Å². The van der Waals surface area contributed by atoms with Crippen molar-refractivity contribution >= 4 is 34.1 Å². The molecular formula is C33H28N2S. The lowest BCUT2D eigenvalue weighted by Crippen LogP contribution is -2.05. The molecule has 0 amide bonds. The van der Waals surface area contributed by atoms with Gasteiger partial charge in [0, 0.05) is 33.5 Å². The van der Waals surface area contributed by atoms with Crippen LogP contribution in [-0.4, -0.2) is 0 Å². The molecule has 4 aromatic carbocycles. The Hall–Kier alpha value is -3.82. The molecule has 0 spiro atoms. The molecule has 36 heavy (non-hydrogen) atoms. The van der Waals surface area contributed by atoms with Gasteiger partial charge in [-0.3, -0.25) is 0 Å². The summed E-state index contributed by atoms with van der Waals surface area (Å²) >= 11 is 1.85. The van der Waals surface area contributed by atoms with Crippen LogP contribution in [0.3, 0.4) is 0 Å². The third kappa shape index (κ3) is 3.90. The Labute approximate surface area is 216 Å². The fourth-order valence-electron chi connectivity index (χ4n) is 5.77. The second-order valence-electron chi connectivity index (χ2n) is 9.85. The van der Waals surface area contributed by atoms with Crippen LogP contribution in [-0.2, 0) is 25.7 Å². The number of hydrogen-bond acceptors (Lipinski definition) is 3. The normalized spacial score (nSPS) is 13.8. The molecular weight excluding hydrogens is 456 g/mol. The fourth-order valence-corrected chi connectivity index (χ4v) is 6.65. The molecule has 0 saturated heterocycles. The molecule has 0 saturated carbocycles. The maximum atomic E-state index is 3.69. The Morgan fingerprint density at radius 1 is 0.500 bits per heavy atom. The number of hydrogen-bond donors (Lipinski definition) is 2. The first-order chi connectivity index (χ1) is 17.8. The minimum absolute atomic E-state index is 0.233. The summed E-state index contributed by atoms with van der Waals surface area (Å²) in [5.74, 6) is 0.233. The van der Waals surface area contributed by atoms with E-state index < -0.39 is 0 Å². The molecule has 176 valence electrons. The zero-order valence-electron chi connectivity index (χ0n) is 20.1. The van der Waals surface area contributed by atoms with E-state index in [2.05, 4.69) is 113 Å². The zero-order valence-corrected chi connectivity index (χ0v) is 20.9. The van der Waals surface area contributed by atoms with Crippen molar-refractivity contribution in [1.82, 2.24) is 0 Å². The number of anilines is 4. The second-order valence-corrected chi connectivity index (χ2v) is 10.8. The minimum atomic E-state index is 0.233. The highest BCUT2D eigenvalue weighted by Crippen LogP contribution is 2.40. The summed E-state index contributed by atoms with van der Waals surface area (Å²) in [6.07, 6.45) is 4.23.